The summed E-state index contributed by atoms with van der Waals surface area (Å²) in [6.45, 7) is 0. The largest absolute Gasteiger partial charge is 0.466 e. The normalized spacial score (nSPS) is 11.6. The number of nitrogens with zero attached hydrogens (tertiary/aromatic N) is 7. The van der Waals surface area contributed by atoms with E-state index in [1.54, 1.807) is 0 Å². The van der Waals surface area contributed by atoms with Gasteiger partial charge in [-0.05, 0) is 16.6 Å². The van der Waals surface area contributed by atoms with Crippen LogP contribution < -0.4 is 0 Å². The zero-order valence-corrected chi connectivity index (χ0v) is 11.2. The van der Waals surface area contributed by atoms with Gasteiger partial charge < -0.3 is 4.74 Å². The Labute approximate surface area is 123 Å². The number of methoxy groups -OCH3 is 1. The van der Waals surface area contributed by atoms with Crippen molar-refractivity contribution in [2.24, 2.45) is 10.2 Å². The summed E-state index contributed by atoms with van der Waals surface area (Å²) < 4.78 is 4.43. The van der Waals surface area contributed by atoms with E-state index in [-0.39, 0.29) is 11.4 Å². The second kappa shape index (κ2) is 7.90. The molecule has 1 atom stereocenters. The fourth-order valence-electron chi connectivity index (χ4n) is 1.49. The highest BCUT2D eigenvalue weighted by Gasteiger charge is 2.14. The number of azide groups is 2. The number of carbonyl (C=O) groups is 1. The Morgan fingerprint density at radius 3 is 2.45 bits per heavy atom. The first-order valence-electron chi connectivity index (χ1n) is 5.67. The van der Waals surface area contributed by atoms with E-state index in [0.717, 1.165) is 13.2 Å². The molecule has 0 heterocycles. The number of nitro benzene ring substituents is 1. The van der Waals surface area contributed by atoms with Crippen molar-refractivity contribution in [3.05, 3.63) is 72.6 Å². The molecule has 11 nitrogen and oxygen atoms in total. The average Bonchev–Trinajstić information content (AvgIpc) is 2.53. The Bertz CT molecular complexity index is 700. The lowest BCUT2D eigenvalue weighted by atomic mass is 10.1. The van der Waals surface area contributed by atoms with Gasteiger partial charge in [-0.25, -0.2) is 4.79 Å². The zero-order chi connectivity index (χ0) is 16.5. The Hall–Kier alpha value is -3.55. The second-order valence-corrected chi connectivity index (χ2v) is 3.73. The number of non-ortho nitro benzene ring substituents is 1. The van der Waals surface area contributed by atoms with Crippen LogP contribution in [0.4, 0.5) is 5.69 Å². The summed E-state index contributed by atoms with van der Waals surface area (Å²) in [6.07, 6.45) is 1.10. The lowest BCUT2D eigenvalue weighted by molar-refractivity contribution is -0.384. The maximum Gasteiger partial charge on any atom is 0.339 e. The van der Waals surface area contributed by atoms with Gasteiger partial charge in [0, 0.05) is 22.0 Å². The molecule has 0 fully saturated rings. The van der Waals surface area contributed by atoms with Crippen LogP contribution >= 0.6 is 0 Å². The van der Waals surface area contributed by atoms with Gasteiger partial charge in [0.15, 0.2) is 0 Å². The van der Waals surface area contributed by atoms with Crippen molar-refractivity contribution in [1.29, 1.82) is 0 Å². The first-order valence-corrected chi connectivity index (χ1v) is 5.67. The molecule has 1 aromatic rings. The maximum absolute atomic E-state index is 11.4. The minimum atomic E-state index is -0.995. The van der Waals surface area contributed by atoms with Crippen molar-refractivity contribution in [2.75, 3.05) is 7.11 Å². The maximum atomic E-state index is 11.4. The van der Waals surface area contributed by atoms with Crippen molar-refractivity contribution in [3.63, 3.8) is 0 Å². The molecule has 0 saturated heterocycles. The highest BCUT2D eigenvalue weighted by atomic mass is 16.6. The number of rotatable bonds is 6. The van der Waals surface area contributed by atoms with Crippen LogP contribution in [0.2, 0.25) is 0 Å². The highest BCUT2D eigenvalue weighted by Crippen LogP contribution is 2.24. The number of esters is 1. The molecule has 112 valence electrons. The van der Waals surface area contributed by atoms with Gasteiger partial charge in [-0.2, -0.15) is 0 Å². The van der Waals surface area contributed by atoms with Gasteiger partial charge in [-0.3, -0.25) is 10.1 Å². The van der Waals surface area contributed by atoms with E-state index in [1.165, 1.54) is 24.3 Å². The molecule has 0 aliphatic heterocycles. The van der Waals surface area contributed by atoms with E-state index in [1.807, 2.05) is 0 Å². The number of nitro groups is 1. The van der Waals surface area contributed by atoms with E-state index in [4.69, 9.17) is 11.1 Å². The molecular formula is C11H9N7O4. The first-order chi connectivity index (χ1) is 10.5. The highest BCUT2D eigenvalue weighted by molar-refractivity contribution is 5.88. The Kier molecular flexibility index (Phi) is 5.93. The van der Waals surface area contributed by atoms with Crippen molar-refractivity contribution in [3.8, 4) is 0 Å². The quantitative estimate of drug-likeness (QED) is 0.149. The molecule has 0 N–H and O–H groups in total. The Balaban J connectivity index is 3.27. The molecular weight excluding hydrogens is 294 g/mol. The van der Waals surface area contributed by atoms with Crippen molar-refractivity contribution in [2.45, 2.75) is 6.04 Å². The smallest absolute Gasteiger partial charge is 0.339 e. The third-order valence-electron chi connectivity index (χ3n) is 2.48. The van der Waals surface area contributed by atoms with Gasteiger partial charge in [0.2, 0.25) is 0 Å². The molecule has 0 radical (unpaired) electrons. The Morgan fingerprint density at radius 1 is 1.36 bits per heavy atom. The number of benzene rings is 1. The first kappa shape index (κ1) is 16.5. The van der Waals surface area contributed by atoms with Crippen LogP contribution in [0.25, 0.3) is 20.9 Å². The molecule has 22 heavy (non-hydrogen) atoms. The summed E-state index contributed by atoms with van der Waals surface area (Å²) in [5.74, 6) is -0.905. The van der Waals surface area contributed by atoms with Gasteiger partial charge in [0.1, 0.15) is 5.70 Å². The fraction of sp³-hybridized carbons (Fsp3) is 0.182. The Morgan fingerprint density at radius 2 is 2.00 bits per heavy atom. The summed E-state index contributed by atoms with van der Waals surface area (Å²) >= 11 is 0. The van der Waals surface area contributed by atoms with Crippen molar-refractivity contribution >= 4 is 11.7 Å². The molecule has 0 aliphatic carbocycles. The molecule has 1 aromatic carbocycles. The molecule has 0 spiro atoms. The van der Waals surface area contributed by atoms with Crippen molar-refractivity contribution < 1.29 is 14.5 Å². The molecule has 0 aliphatic rings. The molecule has 0 amide bonds. The predicted molar refractivity (Wildman–Crippen MR) is 74.2 cm³/mol. The van der Waals surface area contributed by atoms with Gasteiger partial charge >= 0.3 is 5.97 Å². The molecule has 0 bridgehead atoms. The van der Waals surface area contributed by atoms with Crippen LogP contribution in [0.15, 0.2) is 46.3 Å². The lowest BCUT2D eigenvalue weighted by Gasteiger charge is -2.07. The number of hydrogen-bond donors (Lipinski definition) is 0. The minimum absolute atomic E-state index is 0.143. The summed E-state index contributed by atoms with van der Waals surface area (Å²) in [7, 11) is 1.09. The minimum Gasteiger partial charge on any atom is -0.466 e. The number of ether oxygens (including phenoxy) is 1. The fourth-order valence-corrected chi connectivity index (χ4v) is 1.49. The monoisotopic (exact) mass is 303 g/mol. The molecule has 1 rings (SSSR count). The summed E-state index contributed by atoms with van der Waals surface area (Å²) in [4.78, 5) is 26.6. The molecule has 0 aromatic heterocycles. The van der Waals surface area contributed by atoms with Crippen LogP contribution in [-0.4, -0.2) is 18.0 Å². The summed E-state index contributed by atoms with van der Waals surface area (Å²) in [5, 5.41) is 17.2. The zero-order valence-electron chi connectivity index (χ0n) is 11.2. The van der Waals surface area contributed by atoms with Gasteiger partial charge in [-0.1, -0.05) is 28.4 Å². The third-order valence-corrected chi connectivity index (χ3v) is 2.48. The van der Waals surface area contributed by atoms with E-state index < -0.39 is 16.9 Å². The second-order valence-electron chi connectivity index (χ2n) is 3.73. The van der Waals surface area contributed by atoms with Gasteiger partial charge in [-0.15, -0.1) is 0 Å². The van der Waals surface area contributed by atoms with Crippen LogP contribution in [0.5, 0.6) is 0 Å². The van der Waals surface area contributed by atoms with Crippen molar-refractivity contribution in [1.82, 2.24) is 0 Å². The van der Waals surface area contributed by atoms with Gasteiger partial charge in [0.25, 0.3) is 5.69 Å². The topological polar surface area (TPSA) is 167 Å². The molecule has 1 unspecified atom stereocenters. The van der Waals surface area contributed by atoms with Crippen LogP contribution in [0, 0.1) is 10.1 Å². The standard InChI is InChI=1S/C11H9N7O4/c1-22-11(19)10(15-17-13)6-9(14-16-12)7-2-4-8(5-3-7)18(20)21/h2-6,9H,1H3/b10-6-. The summed E-state index contributed by atoms with van der Waals surface area (Å²) in [5.41, 5.74) is 16.8. The predicted octanol–water partition coefficient (Wildman–Crippen LogP) is 3.31. The van der Waals surface area contributed by atoms with Gasteiger partial charge in [0.05, 0.1) is 18.1 Å². The SMILES string of the molecule is COC(=O)/C(=C/C(N=[N+]=[N-])c1ccc([N+](=O)[O-])cc1)N=[N+]=[N-]. The van der Waals surface area contributed by atoms with E-state index in [2.05, 4.69) is 24.8 Å². The van der Waals surface area contributed by atoms with E-state index in [9.17, 15) is 14.9 Å². The van der Waals surface area contributed by atoms with E-state index in [0.29, 0.717) is 5.56 Å². The number of carbonyl (C=O) groups excluding carboxylic acids is 1. The van der Waals surface area contributed by atoms with Crippen LogP contribution in [-0.2, 0) is 9.53 Å². The molecule has 11 heteroatoms. The van der Waals surface area contributed by atoms with Crippen LogP contribution in [0.3, 0.4) is 0 Å². The molecule has 0 saturated carbocycles. The van der Waals surface area contributed by atoms with Crippen LogP contribution in [0.1, 0.15) is 11.6 Å². The third kappa shape index (κ3) is 4.23. The van der Waals surface area contributed by atoms with E-state index >= 15 is 0 Å². The average molecular weight is 303 g/mol. The lowest BCUT2D eigenvalue weighted by Crippen LogP contribution is -2.04. The number of hydrogen-bond acceptors (Lipinski definition) is 6. The summed E-state index contributed by atoms with van der Waals surface area (Å²) in [6, 6.07) is 4.16.